The number of halogens is 2. The summed E-state index contributed by atoms with van der Waals surface area (Å²) in [5, 5.41) is 0.770. The van der Waals surface area contributed by atoms with E-state index in [0.29, 0.717) is 12.6 Å². The van der Waals surface area contributed by atoms with E-state index in [1.54, 1.807) is 0 Å². The van der Waals surface area contributed by atoms with E-state index in [1.165, 1.54) is 12.0 Å². The van der Waals surface area contributed by atoms with Crippen LogP contribution in [-0.2, 0) is 0 Å². The fourth-order valence-electron chi connectivity index (χ4n) is 3.33. The molecule has 2 unspecified atom stereocenters. The average Bonchev–Trinajstić information content (AvgIpc) is 2.94. The van der Waals surface area contributed by atoms with E-state index < -0.39 is 0 Å². The van der Waals surface area contributed by atoms with Crippen molar-refractivity contribution in [2.24, 2.45) is 5.73 Å². The van der Waals surface area contributed by atoms with Crippen LogP contribution >= 0.6 is 27.5 Å². The summed E-state index contributed by atoms with van der Waals surface area (Å²) in [6.45, 7) is 9.50. The number of likely N-dealkylation sites (tertiary alicyclic amines) is 1. The maximum atomic E-state index is 6.16. The minimum Gasteiger partial charge on any atom is -0.329 e. The highest BCUT2D eigenvalue weighted by molar-refractivity contribution is 9.10. The van der Waals surface area contributed by atoms with E-state index >= 15 is 0 Å². The first-order valence-electron chi connectivity index (χ1n) is 7.73. The van der Waals surface area contributed by atoms with Crippen molar-refractivity contribution in [1.29, 1.82) is 0 Å². The van der Waals surface area contributed by atoms with Crippen molar-refractivity contribution >= 4 is 27.5 Å². The largest absolute Gasteiger partial charge is 0.329 e. The molecule has 1 aliphatic rings. The van der Waals surface area contributed by atoms with Gasteiger partial charge in [-0.05, 0) is 43.3 Å². The molecule has 1 saturated heterocycles. The SMILES string of the molecule is CCN(CC)C1CCN(C(CN)c2cc(Cl)ccc2Br)C1. The van der Waals surface area contributed by atoms with Gasteiger partial charge in [-0.1, -0.05) is 41.4 Å². The Morgan fingerprint density at radius 1 is 1.43 bits per heavy atom. The minimum atomic E-state index is 0.235. The van der Waals surface area contributed by atoms with Crippen LogP contribution in [0.4, 0.5) is 0 Å². The summed E-state index contributed by atoms with van der Waals surface area (Å²) in [6.07, 6.45) is 1.22. The third kappa shape index (κ3) is 3.99. The van der Waals surface area contributed by atoms with Crippen molar-refractivity contribution in [3.8, 4) is 0 Å². The van der Waals surface area contributed by atoms with E-state index in [-0.39, 0.29) is 6.04 Å². The lowest BCUT2D eigenvalue weighted by Crippen LogP contribution is -2.39. The molecule has 3 nitrogen and oxygen atoms in total. The Morgan fingerprint density at radius 3 is 2.76 bits per heavy atom. The van der Waals surface area contributed by atoms with Gasteiger partial charge in [0.2, 0.25) is 0 Å². The number of rotatable bonds is 6. The van der Waals surface area contributed by atoms with E-state index in [4.69, 9.17) is 17.3 Å². The molecule has 0 aromatic heterocycles. The normalized spacial score (nSPS) is 21.1. The molecule has 0 radical (unpaired) electrons. The van der Waals surface area contributed by atoms with Gasteiger partial charge in [-0.2, -0.15) is 0 Å². The Morgan fingerprint density at radius 2 is 2.14 bits per heavy atom. The number of nitrogens with two attached hydrogens (primary N) is 1. The molecule has 0 aliphatic carbocycles. The van der Waals surface area contributed by atoms with Gasteiger partial charge in [0.1, 0.15) is 0 Å². The van der Waals surface area contributed by atoms with E-state index in [2.05, 4.69) is 39.6 Å². The van der Waals surface area contributed by atoms with Crippen LogP contribution in [-0.4, -0.2) is 48.6 Å². The molecule has 21 heavy (non-hydrogen) atoms. The summed E-state index contributed by atoms with van der Waals surface area (Å²) in [7, 11) is 0. The van der Waals surface area contributed by atoms with Gasteiger partial charge in [0.25, 0.3) is 0 Å². The smallest absolute Gasteiger partial charge is 0.0482 e. The van der Waals surface area contributed by atoms with Gasteiger partial charge in [0, 0.05) is 41.2 Å². The molecule has 1 aliphatic heterocycles. The molecule has 1 heterocycles. The summed E-state index contributed by atoms with van der Waals surface area (Å²) in [5.41, 5.74) is 7.27. The minimum absolute atomic E-state index is 0.235. The first-order valence-corrected chi connectivity index (χ1v) is 8.90. The van der Waals surface area contributed by atoms with Crippen LogP contribution in [0.5, 0.6) is 0 Å². The topological polar surface area (TPSA) is 32.5 Å². The predicted molar refractivity (Wildman–Crippen MR) is 93.8 cm³/mol. The quantitative estimate of drug-likeness (QED) is 0.827. The van der Waals surface area contributed by atoms with Gasteiger partial charge in [-0.3, -0.25) is 9.80 Å². The Bertz CT molecular complexity index is 465. The first-order chi connectivity index (χ1) is 10.1. The van der Waals surface area contributed by atoms with Gasteiger partial charge in [-0.15, -0.1) is 0 Å². The third-order valence-electron chi connectivity index (χ3n) is 4.50. The molecule has 1 aromatic rings. The Kier molecular flexibility index (Phi) is 6.51. The Hall–Kier alpha value is -0.130. The van der Waals surface area contributed by atoms with Crippen LogP contribution in [0.15, 0.2) is 22.7 Å². The van der Waals surface area contributed by atoms with E-state index in [0.717, 1.165) is 35.7 Å². The second-order valence-corrected chi connectivity index (χ2v) is 6.87. The number of benzene rings is 1. The fourth-order valence-corrected chi connectivity index (χ4v) is 4.02. The lowest BCUT2D eigenvalue weighted by Gasteiger charge is -2.30. The number of likely N-dealkylation sites (N-methyl/N-ethyl adjacent to an activating group) is 1. The summed E-state index contributed by atoms with van der Waals surface area (Å²) >= 11 is 9.80. The third-order valence-corrected chi connectivity index (χ3v) is 5.46. The molecule has 2 atom stereocenters. The Labute approximate surface area is 141 Å². The number of hydrogen-bond acceptors (Lipinski definition) is 3. The molecule has 0 spiro atoms. The maximum Gasteiger partial charge on any atom is 0.0482 e. The van der Waals surface area contributed by atoms with Crippen LogP contribution in [0.2, 0.25) is 5.02 Å². The predicted octanol–water partition coefficient (Wildman–Crippen LogP) is 3.52. The Balaban J connectivity index is 2.14. The zero-order chi connectivity index (χ0) is 15.4. The van der Waals surface area contributed by atoms with Crippen molar-refractivity contribution in [2.75, 3.05) is 32.7 Å². The summed E-state index contributed by atoms with van der Waals surface area (Å²) < 4.78 is 1.09. The molecule has 118 valence electrons. The monoisotopic (exact) mass is 373 g/mol. The van der Waals surface area contributed by atoms with Gasteiger partial charge in [0.05, 0.1) is 0 Å². The fraction of sp³-hybridized carbons (Fsp3) is 0.625. The molecule has 2 rings (SSSR count). The van der Waals surface area contributed by atoms with Crippen LogP contribution in [0, 0.1) is 0 Å². The van der Waals surface area contributed by atoms with Gasteiger partial charge >= 0.3 is 0 Å². The maximum absolute atomic E-state index is 6.16. The van der Waals surface area contributed by atoms with Crippen molar-refractivity contribution < 1.29 is 0 Å². The van der Waals surface area contributed by atoms with Crippen LogP contribution in [0.3, 0.4) is 0 Å². The highest BCUT2D eigenvalue weighted by Gasteiger charge is 2.31. The molecule has 5 heteroatoms. The van der Waals surface area contributed by atoms with Crippen molar-refractivity contribution in [3.63, 3.8) is 0 Å². The molecule has 1 fully saturated rings. The standard InChI is InChI=1S/C16H25BrClN3/c1-3-20(4-2)13-7-8-21(11-13)16(10-19)14-9-12(18)5-6-15(14)17/h5-6,9,13,16H,3-4,7-8,10-11,19H2,1-2H3. The second-order valence-electron chi connectivity index (χ2n) is 5.58. The summed E-state index contributed by atoms with van der Waals surface area (Å²) in [5.74, 6) is 0. The van der Waals surface area contributed by atoms with Crippen LogP contribution < -0.4 is 5.73 Å². The zero-order valence-electron chi connectivity index (χ0n) is 12.9. The molecule has 1 aromatic carbocycles. The van der Waals surface area contributed by atoms with Gasteiger partial charge in [0.15, 0.2) is 0 Å². The molecular weight excluding hydrogens is 350 g/mol. The number of hydrogen-bond donors (Lipinski definition) is 1. The zero-order valence-corrected chi connectivity index (χ0v) is 15.2. The van der Waals surface area contributed by atoms with Crippen molar-refractivity contribution in [3.05, 3.63) is 33.3 Å². The second kappa shape index (κ2) is 7.93. The lowest BCUT2D eigenvalue weighted by molar-refractivity contribution is 0.189. The van der Waals surface area contributed by atoms with Gasteiger partial charge < -0.3 is 5.73 Å². The van der Waals surface area contributed by atoms with E-state index in [1.807, 2.05) is 18.2 Å². The number of nitrogens with zero attached hydrogens (tertiary/aromatic N) is 2. The molecular formula is C16H25BrClN3. The summed E-state index contributed by atoms with van der Waals surface area (Å²) in [4.78, 5) is 5.04. The van der Waals surface area contributed by atoms with Gasteiger partial charge in [-0.25, -0.2) is 0 Å². The molecule has 2 N–H and O–H groups in total. The molecule has 0 saturated carbocycles. The van der Waals surface area contributed by atoms with Crippen LogP contribution in [0.1, 0.15) is 31.9 Å². The van der Waals surface area contributed by atoms with Crippen molar-refractivity contribution in [1.82, 2.24) is 9.80 Å². The highest BCUT2D eigenvalue weighted by atomic mass is 79.9. The van der Waals surface area contributed by atoms with Crippen molar-refractivity contribution in [2.45, 2.75) is 32.4 Å². The molecule has 0 amide bonds. The van der Waals surface area contributed by atoms with E-state index in [9.17, 15) is 0 Å². The highest BCUT2D eigenvalue weighted by Crippen LogP contribution is 2.32. The average molecular weight is 375 g/mol. The summed E-state index contributed by atoms with van der Waals surface area (Å²) in [6, 6.07) is 6.84. The molecule has 0 bridgehead atoms. The van der Waals surface area contributed by atoms with Crippen LogP contribution in [0.25, 0.3) is 0 Å². The first kappa shape index (κ1) is 17.2. The lowest BCUT2D eigenvalue weighted by atomic mass is 10.1.